The van der Waals surface area contributed by atoms with E-state index >= 15 is 0 Å². The Morgan fingerprint density at radius 2 is 2.29 bits per heavy atom. The number of rotatable bonds is 1. The molecule has 0 saturated carbocycles. The van der Waals surface area contributed by atoms with Crippen LogP contribution in [0, 0.1) is 4.91 Å². The highest BCUT2D eigenvalue weighted by molar-refractivity contribution is 9.10. The molecule has 0 unspecified atom stereocenters. The molecule has 0 radical (unpaired) electrons. The number of nitroso groups, excluding NO2 is 1. The van der Waals surface area contributed by atoms with E-state index in [-0.39, 0.29) is 0 Å². The zero-order valence-electron chi connectivity index (χ0n) is 7.70. The first-order chi connectivity index (χ1) is 6.70. The molecule has 3 nitrogen and oxygen atoms in total. The van der Waals surface area contributed by atoms with Crippen molar-refractivity contribution in [2.75, 3.05) is 18.5 Å². The summed E-state index contributed by atoms with van der Waals surface area (Å²) in [5.41, 5.74) is 2.72. The van der Waals surface area contributed by atoms with Crippen molar-refractivity contribution in [3.05, 3.63) is 38.8 Å². The second-order valence-electron chi connectivity index (χ2n) is 3.29. The molecule has 2 rings (SSSR count). The molecule has 1 aromatic rings. The van der Waals surface area contributed by atoms with Gasteiger partial charge in [0.1, 0.15) is 5.70 Å². The van der Waals surface area contributed by atoms with Crippen LogP contribution in [0.25, 0.3) is 6.08 Å². The van der Waals surface area contributed by atoms with Gasteiger partial charge in [0.05, 0.1) is 6.54 Å². The van der Waals surface area contributed by atoms with E-state index in [1.807, 2.05) is 36.2 Å². The largest absolute Gasteiger partial charge is 0.368 e. The standard InChI is InChI=1S/C10H9BrN2O/c1-13-6-9(12-14)5-7-4-8(11)2-3-10(7)13/h2-5H,6H2,1H3. The maximum atomic E-state index is 10.4. The van der Waals surface area contributed by atoms with Gasteiger partial charge in [-0.1, -0.05) is 15.9 Å². The molecule has 1 aliphatic heterocycles. The van der Waals surface area contributed by atoms with Gasteiger partial charge in [0.25, 0.3) is 0 Å². The van der Waals surface area contributed by atoms with Crippen molar-refractivity contribution in [1.82, 2.24) is 0 Å². The summed E-state index contributed by atoms with van der Waals surface area (Å²) in [4.78, 5) is 12.5. The molecular weight excluding hydrogens is 244 g/mol. The average Bonchev–Trinajstić information content (AvgIpc) is 2.16. The molecule has 0 amide bonds. The minimum atomic E-state index is 0.568. The van der Waals surface area contributed by atoms with Crippen LogP contribution in [0.5, 0.6) is 0 Å². The molecule has 1 aromatic carbocycles. The Labute approximate surface area is 90.5 Å². The minimum Gasteiger partial charge on any atom is -0.368 e. The van der Waals surface area contributed by atoms with Crippen LogP contribution in [-0.2, 0) is 0 Å². The summed E-state index contributed by atoms with van der Waals surface area (Å²) in [5, 5.41) is 2.98. The van der Waals surface area contributed by atoms with Crippen molar-refractivity contribution in [2.45, 2.75) is 0 Å². The lowest BCUT2D eigenvalue weighted by molar-refractivity contribution is 0.956. The third-order valence-corrected chi connectivity index (χ3v) is 2.73. The van der Waals surface area contributed by atoms with Gasteiger partial charge in [-0.05, 0) is 29.5 Å². The Hall–Kier alpha value is -1.16. The highest BCUT2D eigenvalue weighted by atomic mass is 79.9. The Morgan fingerprint density at radius 1 is 1.50 bits per heavy atom. The minimum absolute atomic E-state index is 0.568. The smallest absolute Gasteiger partial charge is 0.105 e. The Bertz CT molecular complexity index is 415. The summed E-state index contributed by atoms with van der Waals surface area (Å²) in [6.07, 6.45) is 1.83. The fourth-order valence-corrected chi connectivity index (χ4v) is 1.98. The Kier molecular flexibility index (Phi) is 2.37. The molecular formula is C10H9BrN2O. The highest BCUT2D eigenvalue weighted by Gasteiger charge is 2.14. The van der Waals surface area contributed by atoms with E-state index in [1.54, 1.807) is 0 Å². The van der Waals surface area contributed by atoms with Crippen molar-refractivity contribution in [2.24, 2.45) is 5.18 Å². The van der Waals surface area contributed by atoms with Crippen LogP contribution < -0.4 is 4.90 Å². The summed E-state index contributed by atoms with van der Waals surface area (Å²) in [7, 11) is 1.95. The van der Waals surface area contributed by atoms with Gasteiger partial charge >= 0.3 is 0 Å². The first-order valence-electron chi connectivity index (χ1n) is 4.25. The molecule has 1 heterocycles. The quantitative estimate of drug-likeness (QED) is 0.720. The molecule has 0 aromatic heterocycles. The molecule has 0 aliphatic carbocycles. The number of halogens is 1. The summed E-state index contributed by atoms with van der Waals surface area (Å²) in [5.74, 6) is 0. The van der Waals surface area contributed by atoms with Crippen molar-refractivity contribution in [3.63, 3.8) is 0 Å². The molecule has 72 valence electrons. The third kappa shape index (κ3) is 1.57. The van der Waals surface area contributed by atoms with E-state index in [2.05, 4.69) is 21.1 Å². The molecule has 0 spiro atoms. The van der Waals surface area contributed by atoms with Gasteiger partial charge in [-0.25, -0.2) is 0 Å². The first-order valence-corrected chi connectivity index (χ1v) is 5.04. The number of hydrogen-bond donors (Lipinski definition) is 0. The monoisotopic (exact) mass is 252 g/mol. The maximum Gasteiger partial charge on any atom is 0.105 e. The zero-order chi connectivity index (χ0) is 10.1. The van der Waals surface area contributed by atoms with Crippen LogP contribution in [0.2, 0.25) is 0 Å². The van der Waals surface area contributed by atoms with Crippen molar-refractivity contribution >= 4 is 27.7 Å². The Balaban J connectivity index is 2.55. The van der Waals surface area contributed by atoms with Gasteiger partial charge in [-0.15, -0.1) is 4.91 Å². The zero-order valence-corrected chi connectivity index (χ0v) is 9.28. The second kappa shape index (κ2) is 3.53. The number of likely N-dealkylation sites (N-methyl/N-ethyl adjacent to an activating group) is 1. The van der Waals surface area contributed by atoms with Gasteiger partial charge in [-0.2, -0.15) is 0 Å². The fraction of sp³-hybridized carbons (Fsp3) is 0.200. The molecule has 0 atom stereocenters. The van der Waals surface area contributed by atoms with Gasteiger partial charge in [0.2, 0.25) is 0 Å². The van der Waals surface area contributed by atoms with Crippen LogP contribution in [0.4, 0.5) is 5.69 Å². The second-order valence-corrected chi connectivity index (χ2v) is 4.20. The number of fused-ring (bicyclic) bond motifs is 1. The molecule has 1 aliphatic rings. The Morgan fingerprint density at radius 3 is 3.00 bits per heavy atom. The van der Waals surface area contributed by atoms with Crippen LogP contribution >= 0.6 is 15.9 Å². The summed E-state index contributed by atoms with van der Waals surface area (Å²) in [6.45, 7) is 0.581. The SMILES string of the molecule is CN1CC(N=O)=Cc2cc(Br)ccc21. The van der Waals surface area contributed by atoms with E-state index in [4.69, 9.17) is 0 Å². The topological polar surface area (TPSA) is 32.7 Å². The normalized spacial score (nSPS) is 14.7. The van der Waals surface area contributed by atoms with Crippen molar-refractivity contribution in [3.8, 4) is 0 Å². The van der Waals surface area contributed by atoms with Gasteiger partial charge < -0.3 is 4.90 Å². The van der Waals surface area contributed by atoms with Crippen LogP contribution in [0.3, 0.4) is 0 Å². The molecule has 14 heavy (non-hydrogen) atoms. The van der Waals surface area contributed by atoms with Crippen LogP contribution in [0.15, 0.2) is 33.5 Å². The fourth-order valence-electron chi connectivity index (χ4n) is 1.60. The van der Waals surface area contributed by atoms with Crippen molar-refractivity contribution < 1.29 is 0 Å². The molecule has 4 heteroatoms. The van der Waals surface area contributed by atoms with Gasteiger partial charge in [-0.3, -0.25) is 0 Å². The van der Waals surface area contributed by atoms with E-state index in [0.717, 1.165) is 15.7 Å². The number of anilines is 1. The molecule has 0 fully saturated rings. The predicted molar refractivity (Wildman–Crippen MR) is 61.2 cm³/mol. The molecule has 0 bridgehead atoms. The lowest BCUT2D eigenvalue weighted by Crippen LogP contribution is -2.23. The number of hydrogen-bond acceptors (Lipinski definition) is 3. The summed E-state index contributed by atoms with van der Waals surface area (Å²) in [6, 6.07) is 6.00. The van der Waals surface area contributed by atoms with Crippen LogP contribution in [-0.4, -0.2) is 13.6 Å². The summed E-state index contributed by atoms with van der Waals surface area (Å²) < 4.78 is 1.01. The maximum absolute atomic E-state index is 10.4. The van der Waals surface area contributed by atoms with E-state index in [0.29, 0.717) is 12.2 Å². The lowest BCUT2D eigenvalue weighted by Gasteiger charge is -2.25. The molecule has 0 N–H and O–H groups in total. The number of nitrogens with zero attached hydrogens (tertiary/aromatic N) is 2. The first kappa shape index (κ1) is 9.40. The van der Waals surface area contributed by atoms with E-state index in [1.165, 1.54) is 0 Å². The highest BCUT2D eigenvalue weighted by Crippen LogP contribution is 2.30. The lowest BCUT2D eigenvalue weighted by atomic mass is 10.1. The van der Waals surface area contributed by atoms with Crippen molar-refractivity contribution in [1.29, 1.82) is 0 Å². The van der Waals surface area contributed by atoms with E-state index < -0.39 is 0 Å². The number of benzene rings is 1. The molecule has 0 saturated heterocycles. The average molecular weight is 253 g/mol. The third-order valence-electron chi connectivity index (χ3n) is 2.24. The summed E-state index contributed by atoms with van der Waals surface area (Å²) >= 11 is 3.40. The van der Waals surface area contributed by atoms with Gasteiger partial charge in [0.15, 0.2) is 0 Å². The van der Waals surface area contributed by atoms with Gasteiger partial charge in [0, 0.05) is 22.8 Å². The van der Waals surface area contributed by atoms with E-state index in [9.17, 15) is 4.91 Å². The predicted octanol–water partition coefficient (Wildman–Crippen LogP) is 3.01. The van der Waals surface area contributed by atoms with Crippen LogP contribution in [0.1, 0.15) is 5.56 Å².